The van der Waals surface area contributed by atoms with Crippen LogP contribution in [0, 0.1) is 5.41 Å². The molecule has 0 bridgehead atoms. The van der Waals surface area contributed by atoms with Gasteiger partial charge in [0.15, 0.2) is 5.78 Å². The number of carbonyl (C=O) groups excluding carboxylic acids is 1. The molecular formula is C19H11ClN2O4S2. The zero-order valence-corrected chi connectivity index (χ0v) is 16.4. The third-order valence-corrected chi connectivity index (χ3v) is 6.23. The zero-order valence-electron chi connectivity index (χ0n) is 14.0. The first-order valence-corrected chi connectivity index (χ1v) is 10.1. The molecule has 2 aromatic heterocycles. The summed E-state index contributed by atoms with van der Waals surface area (Å²) in [6, 6.07) is 7.97. The molecular weight excluding hydrogens is 420 g/mol. The van der Waals surface area contributed by atoms with Crippen LogP contribution in [0.1, 0.15) is 27.0 Å². The molecule has 28 heavy (non-hydrogen) atoms. The van der Waals surface area contributed by atoms with E-state index in [1.165, 1.54) is 23.5 Å². The van der Waals surface area contributed by atoms with Crippen LogP contribution in [0.2, 0.25) is 5.02 Å². The Morgan fingerprint density at radius 3 is 2.86 bits per heavy atom. The summed E-state index contributed by atoms with van der Waals surface area (Å²) < 4.78 is 5.75. The molecule has 6 nitrogen and oxygen atoms in total. The van der Waals surface area contributed by atoms with Crippen molar-refractivity contribution in [2.24, 2.45) is 0 Å². The van der Waals surface area contributed by atoms with E-state index in [2.05, 4.69) is 4.98 Å². The van der Waals surface area contributed by atoms with Crippen LogP contribution in [0.5, 0.6) is 0 Å². The van der Waals surface area contributed by atoms with Crippen molar-refractivity contribution in [2.75, 3.05) is 0 Å². The largest absolute Gasteiger partial charge is 0.478 e. The molecule has 0 aliphatic carbocycles. The van der Waals surface area contributed by atoms with E-state index in [4.69, 9.17) is 21.4 Å². The number of rotatable bonds is 4. The first-order chi connectivity index (χ1) is 13.4. The molecule has 0 amide bonds. The maximum atomic E-state index is 12.7. The Hall–Kier alpha value is -2.68. The number of allylic oxidation sites excluding steroid dienone is 1. The highest BCUT2D eigenvalue weighted by atomic mass is 35.5. The van der Waals surface area contributed by atoms with E-state index in [1.54, 1.807) is 35.9 Å². The Kier molecular flexibility index (Phi) is 4.92. The van der Waals surface area contributed by atoms with Gasteiger partial charge in [0, 0.05) is 17.1 Å². The number of furan rings is 1. The summed E-state index contributed by atoms with van der Waals surface area (Å²) in [6.45, 7) is 0. The summed E-state index contributed by atoms with van der Waals surface area (Å²) in [5.74, 6) is -1.07. The van der Waals surface area contributed by atoms with Gasteiger partial charge in [0.25, 0.3) is 0 Å². The van der Waals surface area contributed by atoms with Gasteiger partial charge in [-0.1, -0.05) is 23.4 Å². The van der Waals surface area contributed by atoms with Crippen molar-refractivity contribution in [1.82, 2.24) is 4.98 Å². The van der Waals surface area contributed by atoms with Crippen molar-refractivity contribution in [3.05, 3.63) is 68.2 Å². The van der Waals surface area contributed by atoms with Gasteiger partial charge in [0.05, 0.1) is 20.5 Å². The van der Waals surface area contributed by atoms with Gasteiger partial charge in [-0.3, -0.25) is 10.2 Å². The number of halogens is 1. The van der Waals surface area contributed by atoms with Crippen molar-refractivity contribution in [2.45, 2.75) is 5.92 Å². The number of Topliss-reactive ketones (excluding diaryl/α,β-unsaturated/α-hetero) is 1. The fraction of sp³-hybridized carbons (Fsp3) is 0.0526. The van der Waals surface area contributed by atoms with E-state index in [-0.39, 0.29) is 21.4 Å². The lowest BCUT2D eigenvalue weighted by Gasteiger charge is -2.02. The zero-order chi connectivity index (χ0) is 19.8. The molecule has 3 heterocycles. The summed E-state index contributed by atoms with van der Waals surface area (Å²) in [7, 11) is 0. The molecule has 1 atom stereocenters. The molecule has 1 saturated heterocycles. The smallest absolute Gasteiger partial charge is 0.337 e. The average molecular weight is 431 g/mol. The van der Waals surface area contributed by atoms with E-state index in [1.807, 2.05) is 0 Å². The lowest BCUT2D eigenvalue weighted by molar-refractivity contribution is -0.114. The summed E-state index contributed by atoms with van der Waals surface area (Å²) in [5, 5.41) is 20.1. The Balaban J connectivity index is 1.62. The second-order valence-electron chi connectivity index (χ2n) is 5.84. The number of carboxylic acids is 1. The topological polar surface area (TPSA) is 104 Å². The van der Waals surface area contributed by atoms with Crippen LogP contribution in [0.25, 0.3) is 17.4 Å². The number of nitrogens with zero attached hydrogens (tertiary/aromatic N) is 1. The summed E-state index contributed by atoms with van der Waals surface area (Å²) in [6.07, 6.45) is 3.20. The quantitative estimate of drug-likeness (QED) is 0.553. The number of benzene rings is 1. The number of aromatic nitrogens is 1. The van der Waals surface area contributed by atoms with Gasteiger partial charge < -0.3 is 9.52 Å². The standard InChI is InChI=1S/C19H11ClN2O4S2/c20-12-3-1-9(7-11(12)19(24)25)13-4-2-10(26-13)8-14-16(23)15(17(21)28-14)18-22-5-6-27-18/h1-8,15,21H,(H,24,25). The van der Waals surface area contributed by atoms with E-state index in [0.29, 0.717) is 27.0 Å². The summed E-state index contributed by atoms with van der Waals surface area (Å²) in [4.78, 5) is 28.5. The number of nitrogens with one attached hydrogen (secondary N) is 1. The van der Waals surface area contributed by atoms with Gasteiger partial charge in [-0.25, -0.2) is 9.78 Å². The Labute approximate surface area is 172 Å². The first kappa shape index (κ1) is 18.7. The fourth-order valence-corrected chi connectivity index (χ4v) is 4.73. The molecule has 1 aromatic carbocycles. The van der Waals surface area contributed by atoms with Crippen molar-refractivity contribution in [1.29, 1.82) is 5.41 Å². The SMILES string of the molecule is N=C1SC(=Cc2ccc(-c3ccc(Cl)c(C(=O)O)c3)o2)C(=O)C1c1nccs1. The van der Waals surface area contributed by atoms with E-state index in [0.717, 1.165) is 11.8 Å². The minimum Gasteiger partial charge on any atom is -0.478 e. The lowest BCUT2D eigenvalue weighted by atomic mass is 10.1. The number of ketones is 1. The number of aromatic carboxylic acids is 1. The monoisotopic (exact) mass is 430 g/mol. The summed E-state index contributed by atoms with van der Waals surface area (Å²) in [5.41, 5.74) is 0.544. The van der Waals surface area contributed by atoms with Gasteiger partial charge >= 0.3 is 5.97 Å². The average Bonchev–Trinajstić information content (AvgIpc) is 3.38. The molecule has 1 unspecified atom stereocenters. The highest BCUT2D eigenvalue weighted by Gasteiger charge is 2.38. The maximum Gasteiger partial charge on any atom is 0.337 e. The highest BCUT2D eigenvalue weighted by Crippen LogP contribution is 2.41. The van der Waals surface area contributed by atoms with Crippen LogP contribution < -0.4 is 0 Å². The number of hydrogen-bond acceptors (Lipinski definition) is 7. The number of carboxylic acid groups (broad SMARTS) is 1. The van der Waals surface area contributed by atoms with Gasteiger partial charge in [-0.2, -0.15) is 0 Å². The molecule has 2 N–H and O–H groups in total. The third-order valence-electron chi connectivity index (χ3n) is 4.07. The van der Waals surface area contributed by atoms with E-state index >= 15 is 0 Å². The third kappa shape index (κ3) is 3.42. The van der Waals surface area contributed by atoms with Crippen molar-refractivity contribution in [3.63, 3.8) is 0 Å². The molecule has 0 spiro atoms. The molecule has 1 fully saturated rings. The predicted molar refractivity (Wildman–Crippen MR) is 109 cm³/mol. The van der Waals surface area contributed by atoms with E-state index < -0.39 is 11.9 Å². The van der Waals surface area contributed by atoms with Gasteiger partial charge in [0.1, 0.15) is 22.4 Å². The van der Waals surface area contributed by atoms with Crippen molar-refractivity contribution >= 4 is 57.6 Å². The Morgan fingerprint density at radius 2 is 2.14 bits per heavy atom. The van der Waals surface area contributed by atoms with Crippen LogP contribution in [-0.2, 0) is 4.79 Å². The van der Waals surface area contributed by atoms with Gasteiger partial charge in [-0.05, 0) is 36.4 Å². The van der Waals surface area contributed by atoms with Crippen LogP contribution in [-0.4, -0.2) is 26.9 Å². The number of thioether (sulfide) groups is 1. The molecule has 1 aliphatic rings. The molecule has 9 heteroatoms. The van der Waals surface area contributed by atoms with E-state index in [9.17, 15) is 14.7 Å². The Bertz CT molecular complexity index is 1130. The summed E-state index contributed by atoms with van der Waals surface area (Å²) >= 11 is 8.34. The van der Waals surface area contributed by atoms with Crippen molar-refractivity contribution < 1.29 is 19.1 Å². The molecule has 4 rings (SSSR count). The predicted octanol–water partition coefficient (Wildman–Crippen LogP) is 5.17. The van der Waals surface area contributed by atoms with Gasteiger partial charge in [-0.15, -0.1) is 11.3 Å². The molecule has 3 aromatic rings. The molecule has 0 saturated carbocycles. The number of thiazole rings is 1. The second kappa shape index (κ2) is 7.38. The molecule has 1 aliphatic heterocycles. The molecule has 140 valence electrons. The number of carbonyl (C=O) groups is 2. The van der Waals surface area contributed by atoms with Crippen LogP contribution in [0.4, 0.5) is 0 Å². The molecule has 0 radical (unpaired) electrons. The lowest BCUT2D eigenvalue weighted by Crippen LogP contribution is -2.11. The first-order valence-electron chi connectivity index (χ1n) is 7.98. The van der Waals surface area contributed by atoms with Crippen LogP contribution in [0.3, 0.4) is 0 Å². The second-order valence-corrected chi connectivity index (χ2v) is 8.26. The fourth-order valence-electron chi connectivity index (χ4n) is 2.75. The Morgan fingerprint density at radius 1 is 1.32 bits per heavy atom. The highest BCUT2D eigenvalue weighted by molar-refractivity contribution is 8.19. The van der Waals surface area contributed by atoms with Crippen LogP contribution in [0.15, 0.2) is 51.2 Å². The minimum atomic E-state index is -1.12. The minimum absolute atomic E-state index is 0.0169. The van der Waals surface area contributed by atoms with Gasteiger partial charge in [0.2, 0.25) is 0 Å². The normalized spacial score (nSPS) is 18.2. The van der Waals surface area contributed by atoms with Crippen LogP contribution >= 0.6 is 34.7 Å². The van der Waals surface area contributed by atoms with Crippen molar-refractivity contribution in [3.8, 4) is 11.3 Å². The number of hydrogen-bond donors (Lipinski definition) is 2. The maximum absolute atomic E-state index is 12.7.